The Kier molecular flexibility index (Phi) is 5.71. The lowest BCUT2D eigenvalue weighted by atomic mass is 9.95. The summed E-state index contributed by atoms with van der Waals surface area (Å²) in [5, 5.41) is 16.7. The summed E-state index contributed by atoms with van der Waals surface area (Å²) in [6, 6.07) is 12.1. The number of carbonyl (C=O) groups excluding carboxylic acids is 1. The molecular weight excluding hydrogens is 374 g/mol. The molecule has 4 rings (SSSR count). The van der Waals surface area contributed by atoms with Gasteiger partial charge in [0.25, 0.3) is 5.91 Å². The van der Waals surface area contributed by atoms with Crippen LogP contribution in [0.3, 0.4) is 0 Å². The number of aromatic nitrogens is 2. The summed E-state index contributed by atoms with van der Waals surface area (Å²) in [5.41, 5.74) is 2.95. The van der Waals surface area contributed by atoms with Crippen molar-refractivity contribution < 1.29 is 4.79 Å². The summed E-state index contributed by atoms with van der Waals surface area (Å²) < 4.78 is 1.98. The van der Waals surface area contributed by atoms with Crippen molar-refractivity contribution in [1.82, 2.24) is 14.9 Å². The van der Waals surface area contributed by atoms with Gasteiger partial charge in [-0.25, -0.2) is 4.98 Å². The van der Waals surface area contributed by atoms with Gasteiger partial charge in [0.15, 0.2) is 0 Å². The molecule has 1 aliphatic rings. The third-order valence-electron chi connectivity index (χ3n) is 5.58. The zero-order chi connectivity index (χ0) is 21.1. The number of nitrogens with zero attached hydrogens (tertiary/aromatic N) is 3. The van der Waals surface area contributed by atoms with Crippen LogP contribution in [-0.4, -0.2) is 27.5 Å². The minimum Gasteiger partial charge on any atom is -0.382 e. The monoisotopic (exact) mass is 401 g/mol. The Hall–Kier alpha value is -3.33. The number of nitrogens with one attached hydrogen (secondary N) is 2. The summed E-state index contributed by atoms with van der Waals surface area (Å²) in [4.78, 5) is 17.6. The largest absolute Gasteiger partial charge is 0.382 e. The summed E-state index contributed by atoms with van der Waals surface area (Å²) in [6.45, 7) is 4.11. The van der Waals surface area contributed by atoms with E-state index in [1.165, 1.54) is 19.3 Å². The van der Waals surface area contributed by atoms with Crippen LogP contribution in [0.1, 0.15) is 61.9 Å². The van der Waals surface area contributed by atoms with E-state index in [1.807, 2.05) is 35.0 Å². The van der Waals surface area contributed by atoms with Crippen molar-refractivity contribution >= 4 is 22.5 Å². The minimum atomic E-state index is -0.0693. The molecule has 0 spiro atoms. The Bertz CT molecular complexity index is 1100. The molecule has 0 atom stereocenters. The Labute approximate surface area is 176 Å². The average molecular weight is 402 g/mol. The topological polar surface area (TPSA) is 82.7 Å². The summed E-state index contributed by atoms with van der Waals surface area (Å²) in [5.74, 6) is 0.659. The third kappa shape index (κ3) is 4.16. The van der Waals surface area contributed by atoms with Crippen LogP contribution in [0.2, 0.25) is 0 Å². The van der Waals surface area contributed by atoms with Crippen LogP contribution in [0.15, 0.2) is 42.7 Å². The van der Waals surface area contributed by atoms with Gasteiger partial charge < -0.3 is 15.2 Å². The number of anilines is 1. The first kappa shape index (κ1) is 20.0. The fourth-order valence-electron chi connectivity index (χ4n) is 4.11. The Morgan fingerprint density at radius 2 is 2.00 bits per heavy atom. The maximum Gasteiger partial charge on any atom is 0.255 e. The van der Waals surface area contributed by atoms with Gasteiger partial charge in [0.2, 0.25) is 0 Å². The van der Waals surface area contributed by atoms with Gasteiger partial charge >= 0.3 is 0 Å². The fraction of sp³-hybridized carbons (Fsp3) is 0.375. The number of hydrogen-bond donors (Lipinski definition) is 2. The molecule has 1 aromatic carbocycles. The molecule has 0 unspecified atom stereocenters. The highest BCUT2D eigenvalue weighted by Crippen LogP contribution is 2.25. The van der Waals surface area contributed by atoms with Gasteiger partial charge in [0.05, 0.1) is 28.4 Å². The molecule has 0 aliphatic heterocycles. The van der Waals surface area contributed by atoms with E-state index < -0.39 is 0 Å². The molecule has 6 nitrogen and oxygen atoms in total. The predicted molar refractivity (Wildman–Crippen MR) is 119 cm³/mol. The quantitative estimate of drug-likeness (QED) is 0.644. The second-order valence-electron chi connectivity index (χ2n) is 8.27. The first-order valence-electron chi connectivity index (χ1n) is 10.6. The second-order valence-corrected chi connectivity index (χ2v) is 8.27. The predicted octanol–water partition coefficient (Wildman–Crippen LogP) is 4.78. The molecule has 1 aliphatic carbocycles. The number of pyridine rings is 1. The van der Waals surface area contributed by atoms with Crippen molar-refractivity contribution in [2.75, 3.05) is 5.32 Å². The summed E-state index contributed by atoms with van der Waals surface area (Å²) in [6.07, 6.45) is 9.29. The Balaban J connectivity index is 1.67. The van der Waals surface area contributed by atoms with Crippen LogP contribution in [0.5, 0.6) is 0 Å². The van der Waals surface area contributed by atoms with Crippen LogP contribution in [-0.2, 0) is 0 Å². The first-order valence-corrected chi connectivity index (χ1v) is 10.6. The van der Waals surface area contributed by atoms with E-state index in [0.717, 1.165) is 35.2 Å². The molecule has 0 bridgehead atoms. The zero-order valence-corrected chi connectivity index (χ0v) is 17.5. The van der Waals surface area contributed by atoms with E-state index in [9.17, 15) is 4.79 Å². The molecule has 154 valence electrons. The van der Waals surface area contributed by atoms with E-state index in [-0.39, 0.29) is 18.0 Å². The highest BCUT2D eigenvalue weighted by molar-refractivity contribution is 6.00. The van der Waals surface area contributed by atoms with Crippen molar-refractivity contribution in [1.29, 1.82) is 5.26 Å². The van der Waals surface area contributed by atoms with E-state index in [4.69, 9.17) is 5.26 Å². The van der Waals surface area contributed by atoms with Crippen molar-refractivity contribution in [2.45, 2.75) is 58.0 Å². The highest BCUT2D eigenvalue weighted by atomic mass is 16.1. The third-order valence-corrected chi connectivity index (χ3v) is 5.58. The molecule has 30 heavy (non-hydrogen) atoms. The highest BCUT2D eigenvalue weighted by Gasteiger charge is 2.20. The van der Waals surface area contributed by atoms with Gasteiger partial charge in [-0.05, 0) is 51.0 Å². The maximum atomic E-state index is 13.0. The van der Waals surface area contributed by atoms with Crippen LogP contribution in [0, 0.1) is 11.3 Å². The molecule has 0 radical (unpaired) electrons. The van der Waals surface area contributed by atoms with Gasteiger partial charge in [-0.3, -0.25) is 4.79 Å². The Morgan fingerprint density at radius 1 is 1.20 bits per heavy atom. The lowest BCUT2D eigenvalue weighted by Crippen LogP contribution is -2.36. The number of hydrogen-bond acceptors (Lipinski definition) is 4. The van der Waals surface area contributed by atoms with Gasteiger partial charge in [-0.2, -0.15) is 5.26 Å². The minimum absolute atomic E-state index is 0.0693. The van der Waals surface area contributed by atoms with Crippen molar-refractivity contribution in [3.63, 3.8) is 0 Å². The number of amides is 1. The normalized spacial score (nSPS) is 14.6. The molecule has 3 aromatic rings. The van der Waals surface area contributed by atoms with Gasteiger partial charge in [0, 0.05) is 35.9 Å². The Morgan fingerprint density at radius 3 is 2.73 bits per heavy atom. The second kappa shape index (κ2) is 8.58. The number of benzene rings is 1. The molecule has 2 heterocycles. The zero-order valence-electron chi connectivity index (χ0n) is 17.5. The average Bonchev–Trinajstić information content (AvgIpc) is 3.17. The number of fused-ring (bicyclic) bond motifs is 1. The maximum absolute atomic E-state index is 13.0. The molecular formula is C24H27N5O. The number of rotatable bonds is 5. The lowest BCUT2D eigenvalue weighted by Gasteiger charge is -2.24. The summed E-state index contributed by atoms with van der Waals surface area (Å²) >= 11 is 0. The van der Waals surface area contributed by atoms with Gasteiger partial charge in [-0.15, -0.1) is 0 Å². The molecule has 1 amide bonds. The molecule has 2 N–H and O–H groups in total. The number of carbonyl (C=O) groups is 1. The van der Waals surface area contributed by atoms with E-state index >= 15 is 0 Å². The SMILES string of the molecule is CC(C)Nc1cc(-n2ccc3cc(C#N)ccc32)ncc1C(=O)NC1CCCCC1. The van der Waals surface area contributed by atoms with E-state index in [1.54, 1.807) is 12.3 Å². The lowest BCUT2D eigenvalue weighted by molar-refractivity contribution is 0.0928. The smallest absolute Gasteiger partial charge is 0.255 e. The molecule has 6 heteroatoms. The molecule has 1 saturated carbocycles. The van der Waals surface area contributed by atoms with E-state index in [2.05, 4.69) is 35.5 Å². The van der Waals surface area contributed by atoms with Crippen LogP contribution >= 0.6 is 0 Å². The summed E-state index contributed by atoms with van der Waals surface area (Å²) in [7, 11) is 0. The van der Waals surface area contributed by atoms with Crippen molar-refractivity contribution in [3.8, 4) is 11.9 Å². The first-order chi connectivity index (χ1) is 14.5. The molecule has 1 fully saturated rings. The fourth-order valence-corrected chi connectivity index (χ4v) is 4.11. The molecule has 0 saturated heterocycles. The number of nitriles is 1. The van der Waals surface area contributed by atoms with E-state index in [0.29, 0.717) is 11.1 Å². The molecule has 2 aromatic heterocycles. The van der Waals surface area contributed by atoms with Crippen LogP contribution < -0.4 is 10.6 Å². The van der Waals surface area contributed by atoms with Gasteiger partial charge in [-0.1, -0.05) is 19.3 Å². The standard InChI is InChI=1S/C24H27N5O/c1-16(2)27-21-13-23(29-11-10-18-12-17(14-25)8-9-22(18)29)26-15-20(21)24(30)28-19-6-4-3-5-7-19/h8-13,15-16,19H,3-7H2,1-2H3,(H,26,27)(H,28,30). The van der Waals surface area contributed by atoms with Crippen LogP contribution in [0.25, 0.3) is 16.7 Å². The van der Waals surface area contributed by atoms with Crippen molar-refractivity contribution in [3.05, 3.63) is 53.9 Å². The van der Waals surface area contributed by atoms with Gasteiger partial charge in [0.1, 0.15) is 5.82 Å². The van der Waals surface area contributed by atoms with Crippen LogP contribution in [0.4, 0.5) is 5.69 Å². The van der Waals surface area contributed by atoms with Crippen molar-refractivity contribution in [2.24, 2.45) is 0 Å².